The summed E-state index contributed by atoms with van der Waals surface area (Å²) >= 11 is 0. The second kappa shape index (κ2) is 5.86. The zero-order valence-electron chi connectivity index (χ0n) is 10.3. The lowest BCUT2D eigenvalue weighted by Crippen LogP contribution is -2.50. The van der Waals surface area contributed by atoms with Crippen molar-refractivity contribution in [3.63, 3.8) is 0 Å². The fourth-order valence-corrected chi connectivity index (χ4v) is 2.17. The third kappa shape index (κ3) is 3.89. The molecule has 0 bridgehead atoms. The van der Waals surface area contributed by atoms with E-state index in [0.29, 0.717) is 19.0 Å². The van der Waals surface area contributed by atoms with Crippen molar-refractivity contribution in [2.75, 3.05) is 13.1 Å². The summed E-state index contributed by atoms with van der Waals surface area (Å²) in [7, 11) is 0. The maximum Gasteiger partial charge on any atom is 0.405 e. The molecule has 1 fully saturated rings. The molecule has 1 aliphatic heterocycles. The number of nitrogens with two attached hydrogens (primary N) is 1. The van der Waals surface area contributed by atoms with Gasteiger partial charge in [-0.2, -0.15) is 0 Å². The molecule has 0 spiro atoms. The van der Waals surface area contributed by atoms with Gasteiger partial charge >= 0.3 is 6.09 Å². The molecule has 0 aliphatic carbocycles. The van der Waals surface area contributed by atoms with Crippen LogP contribution in [-0.4, -0.2) is 47.2 Å². The van der Waals surface area contributed by atoms with E-state index in [1.54, 1.807) is 11.8 Å². The Morgan fingerprint density at radius 2 is 1.88 bits per heavy atom. The van der Waals surface area contributed by atoms with Crippen molar-refractivity contribution in [2.24, 2.45) is 11.7 Å². The molecular weight excluding hydrogens is 222 g/mol. The second-order valence-corrected chi connectivity index (χ2v) is 4.69. The highest BCUT2D eigenvalue weighted by atomic mass is 16.4. The molecule has 0 aromatic carbocycles. The first-order chi connectivity index (χ1) is 7.91. The van der Waals surface area contributed by atoms with E-state index >= 15 is 0 Å². The van der Waals surface area contributed by atoms with Crippen LogP contribution in [0.5, 0.6) is 0 Å². The van der Waals surface area contributed by atoms with E-state index < -0.39 is 12.1 Å². The topological polar surface area (TPSA) is 95.7 Å². The lowest BCUT2D eigenvalue weighted by atomic mass is 9.91. The van der Waals surface area contributed by atoms with Crippen LogP contribution in [0.15, 0.2) is 0 Å². The Bertz CT molecular complexity index is 286. The molecule has 1 unspecified atom stereocenters. The molecule has 6 nitrogen and oxygen atoms in total. The molecule has 17 heavy (non-hydrogen) atoms. The molecule has 1 rings (SSSR count). The zero-order valence-corrected chi connectivity index (χ0v) is 10.3. The maximum absolute atomic E-state index is 11.9. The highest BCUT2D eigenvalue weighted by molar-refractivity contribution is 5.84. The fraction of sp³-hybridized carbons (Fsp3) is 0.818. The normalized spacial score (nSPS) is 20.8. The highest BCUT2D eigenvalue weighted by Crippen LogP contribution is 2.19. The predicted molar refractivity (Wildman–Crippen MR) is 63.6 cm³/mol. The van der Waals surface area contributed by atoms with Crippen molar-refractivity contribution >= 4 is 12.0 Å². The first-order valence-electron chi connectivity index (χ1n) is 5.95. The molecule has 1 saturated heterocycles. The van der Waals surface area contributed by atoms with Crippen LogP contribution in [0.25, 0.3) is 0 Å². The Balaban J connectivity index is 2.43. The van der Waals surface area contributed by atoms with Gasteiger partial charge < -0.3 is 21.1 Å². The number of carboxylic acid groups (broad SMARTS) is 1. The maximum atomic E-state index is 11.9. The highest BCUT2D eigenvalue weighted by Gasteiger charge is 2.27. The van der Waals surface area contributed by atoms with E-state index in [-0.39, 0.29) is 11.9 Å². The monoisotopic (exact) mass is 243 g/mol. The quantitative estimate of drug-likeness (QED) is 0.661. The van der Waals surface area contributed by atoms with Gasteiger partial charge in [-0.15, -0.1) is 0 Å². The second-order valence-electron chi connectivity index (χ2n) is 4.69. The van der Waals surface area contributed by atoms with Crippen molar-refractivity contribution in [1.29, 1.82) is 0 Å². The molecule has 2 amide bonds. The third-order valence-electron chi connectivity index (χ3n) is 3.31. The van der Waals surface area contributed by atoms with E-state index in [0.717, 1.165) is 12.8 Å². The molecule has 6 heteroatoms. The van der Waals surface area contributed by atoms with E-state index in [4.69, 9.17) is 10.8 Å². The number of hydrogen-bond donors (Lipinski definition) is 3. The number of carbonyl (C=O) groups is 2. The average Bonchev–Trinajstić information content (AvgIpc) is 2.27. The van der Waals surface area contributed by atoms with Gasteiger partial charge in [0.05, 0.1) is 0 Å². The van der Waals surface area contributed by atoms with Gasteiger partial charge in [0.15, 0.2) is 0 Å². The van der Waals surface area contributed by atoms with E-state index in [1.165, 1.54) is 0 Å². The Kier molecular flexibility index (Phi) is 4.74. The lowest BCUT2D eigenvalue weighted by Gasteiger charge is -2.35. The smallest absolute Gasteiger partial charge is 0.405 e. The van der Waals surface area contributed by atoms with Crippen LogP contribution in [-0.2, 0) is 4.79 Å². The van der Waals surface area contributed by atoms with Crippen LogP contribution in [0.4, 0.5) is 4.79 Å². The Labute approximate surface area is 101 Å². The van der Waals surface area contributed by atoms with Gasteiger partial charge in [0, 0.05) is 19.1 Å². The number of nitrogens with one attached hydrogen (secondary N) is 1. The van der Waals surface area contributed by atoms with Crippen molar-refractivity contribution in [3.05, 3.63) is 0 Å². The average molecular weight is 243 g/mol. The summed E-state index contributed by atoms with van der Waals surface area (Å²) in [5.74, 6) is 0.303. The lowest BCUT2D eigenvalue weighted by molar-refractivity contribution is -0.134. The standard InChI is InChI=1S/C11H21N3O3/c1-7(12)9-3-5-14(6-4-9)10(15)8(2)13-11(16)17/h7-9,13H,3-6,12H2,1-2H3,(H,16,17)/t7?,8-/m0/s1. The largest absolute Gasteiger partial charge is 0.465 e. The van der Waals surface area contributed by atoms with Gasteiger partial charge in [0.2, 0.25) is 5.91 Å². The van der Waals surface area contributed by atoms with E-state index in [2.05, 4.69) is 5.32 Å². The summed E-state index contributed by atoms with van der Waals surface area (Å²) in [5.41, 5.74) is 5.82. The summed E-state index contributed by atoms with van der Waals surface area (Å²) in [4.78, 5) is 24.0. The molecule has 1 heterocycles. The van der Waals surface area contributed by atoms with Crippen LogP contribution >= 0.6 is 0 Å². The van der Waals surface area contributed by atoms with Crippen LogP contribution in [0, 0.1) is 5.92 Å². The summed E-state index contributed by atoms with van der Waals surface area (Å²) < 4.78 is 0. The summed E-state index contributed by atoms with van der Waals surface area (Å²) in [6.45, 7) is 4.87. The van der Waals surface area contributed by atoms with Crippen molar-refractivity contribution in [3.8, 4) is 0 Å². The molecule has 98 valence electrons. The summed E-state index contributed by atoms with van der Waals surface area (Å²) in [6, 6.07) is -0.527. The van der Waals surface area contributed by atoms with Crippen LogP contribution < -0.4 is 11.1 Å². The minimum absolute atomic E-state index is 0.154. The first-order valence-corrected chi connectivity index (χ1v) is 5.95. The fourth-order valence-electron chi connectivity index (χ4n) is 2.17. The Morgan fingerprint density at radius 3 is 2.29 bits per heavy atom. The van der Waals surface area contributed by atoms with Gasteiger partial charge in [-0.25, -0.2) is 4.79 Å². The van der Waals surface area contributed by atoms with Gasteiger partial charge in [0.1, 0.15) is 6.04 Å². The van der Waals surface area contributed by atoms with Crippen LogP contribution in [0.1, 0.15) is 26.7 Å². The number of piperidine rings is 1. The molecule has 1 aliphatic rings. The van der Waals surface area contributed by atoms with Crippen molar-refractivity contribution in [1.82, 2.24) is 10.2 Å². The van der Waals surface area contributed by atoms with E-state index in [1.807, 2.05) is 6.92 Å². The predicted octanol–water partition coefficient (Wildman–Crippen LogP) is 0.228. The van der Waals surface area contributed by atoms with Crippen molar-refractivity contribution < 1.29 is 14.7 Å². The molecule has 0 aromatic rings. The molecule has 0 radical (unpaired) electrons. The number of nitrogens with zero attached hydrogens (tertiary/aromatic N) is 1. The number of hydrogen-bond acceptors (Lipinski definition) is 3. The minimum Gasteiger partial charge on any atom is -0.465 e. The van der Waals surface area contributed by atoms with E-state index in [9.17, 15) is 9.59 Å². The van der Waals surface area contributed by atoms with Gasteiger partial charge in [-0.3, -0.25) is 4.79 Å². The molecule has 2 atom stereocenters. The molecular formula is C11H21N3O3. The number of amides is 2. The molecule has 0 aromatic heterocycles. The summed E-state index contributed by atoms with van der Waals surface area (Å²) in [5, 5.41) is 10.7. The SMILES string of the molecule is CC(N)C1CCN(C(=O)[C@H](C)NC(=O)O)CC1. The number of rotatable bonds is 3. The number of carbonyl (C=O) groups excluding carboxylic acids is 1. The Hall–Kier alpha value is -1.30. The minimum atomic E-state index is -1.17. The van der Waals surface area contributed by atoms with Gasteiger partial charge in [-0.1, -0.05) is 0 Å². The van der Waals surface area contributed by atoms with Gasteiger partial charge in [0.25, 0.3) is 0 Å². The Morgan fingerprint density at radius 1 is 1.35 bits per heavy atom. The molecule has 4 N–H and O–H groups in total. The first kappa shape index (κ1) is 13.8. The third-order valence-corrected chi connectivity index (χ3v) is 3.31. The summed E-state index contributed by atoms with van der Waals surface area (Å²) in [6.07, 6.45) is 0.614. The number of likely N-dealkylation sites (tertiary alicyclic amines) is 1. The van der Waals surface area contributed by atoms with Gasteiger partial charge in [-0.05, 0) is 32.6 Å². The van der Waals surface area contributed by atoms with Crippen molar-refractivity contribution in [2.45, 2.75) is 38.8 Å². The zero-order chi connectivity index (χ0) is 13.0. The molecule has 0 saturated carbocycles. The van der Waals surface area contributed by atoms with Crippen LogP contribution in [0.2, 0.25) is 0 Å². The van der Waals surface area contributed by atoms with Crippen LogP contribution in [0.3, 0.4) is 0 Å².